The third kappa shape index (κ3) is 4.60. The van der Waals surface area contributed by atoms with Crippen molar-refractivity contribution < 1.29 is 14.3 Å². The third-order valence-electron chi connectivity index (χ3n) is 4.70. The second-order valence-corrected chi connectivity index (χ2v) is 6.42. The number of nitrogens with zero attached hydrogens (tertiary/aromatic N) is 2. The summed E-state index contributed by atoms with van der Waals surface area (Å²) in [4.78, 5) is 27.6. The van der Waals surface area contributed by atoms with Crippen LogP contribution in [0.5, 0.6) is 0 Å². The normalized spacial score (nSPS) is 20.5. The van der Waals surface area contributed by atoms with Gasteiger partial charge in [-0.05, 0) is 18.8 Å². The van der Waals surface area contributed by atoms with Gasteiger partial charge in [0.25, 0.3) is 0 Å². The minimum Gasteiger partial charge on any atom is -0.449 e. The molecule has 0 bridgehead atoms. The Hall–Kier alpha value is -1.30. The Balaban J connectivity index is 1.69. The van der Waals surface area contributed by atoms with Crippen molar-refractivity contribution in [1.29, 1.82) is 0 Å². The lowest BCUT2D eigenvalue weighted by Gasteiger charge is -2.36. The number of hydrogen-bond acceptors (Lipinski definition) is 4. The number of piperazine rings is 1. The van der Waals surface area contributed by atoms with Gasteiger partial charge in [0.15, 0.2) is 0 Å². The van der Waals surface area contributed by atoms with Crippen LogP contribution in [0.2, 0.25) is 0 Å². The summed E-state index contributed by atoms with van der Waals surface area (Å²) < 4.78 is 5.20. The molecule has 1 heterocycles. The highest BCUT2D eigenvalue weighted by Crippen LogP contribution is 2.30. The average molecular weight is 311 g/mol. The molecule has 22 heavy (non-hydrogen) atoms. The third-order valence-corrected chi connectivity index (χ3v) is 4.70. The monoisotopic (exact) mass is 311 g/mol. The first-order valence-corrected chi connectivity index (χ1v) is 8.58. The fourth-order valence-corrected chi connectivity index (χ4v) is 2.93. The van der Waals surface area contributed by atoms with Gasteiger partial charge in [-0.25, -0.2) is 4.79 Å². The van der Waals surface area contributed by atoms with Gasteiger partial charge in [0.05, 0.1) is 12.6 Å². The van der Waals surface area contributed by atoms with Crippen LogP contribution in [-0.2, 0) is 9.53 Å². The molecular formula is C16H29N3O3. The van der Waals surface area contributed by atoms with Gasteiger partial charge < -0.3 is 20.3 Å². The lowest BCUT2D eigenvalue weighted by molar-refractivity contribution is -0.134. The Bertz CT molecular complexity index is 377. The molecule has 1 atom stereocenters. The number of amides is 2. The molecule has 1 unspecified atom stereocenters. The van der Waals surface area contributed by atoms with Crippen LogP contribution in [-0.4, -0.2) is 60.6 Å². The standard InChI is InChI=1S/C16H29N3O3/c1-2-3-11-22-16(21)19-9-7-18(8-10-19)15(20)14(17)12-13-5-4-6-13/h13-14H,2-12,17H2,1H3. The van der Waals surface area contributed by atoms with Crippen molar-refractivity contribution in [3.8, 4) is 0 Å². The summed E-state index contributed by atoms with van der Waals surface area (Å²) in [6.07, 6.45) is 6.12. The molecule has 126 valence electrons. The van der Waals surface area contributed by atoms with Crippen LogP contribution in [0, 0.1) is 5.92 Å². The van der Waals surface area contributed by atoms with E-state index in [1.165, 1.54) is 19.3 Å². The van der Waals surface area contributed by atoms with Crippen molar-refractivity contribution >= 4 is 12.0 Å². The van der Waals surface area contributed by atoms with E-state index < -0.39 is 0 Å². The summed E-state index contributed by atoms with van der Waals surface area (Å²) >= 11 is 0. The molecular weight excluding hydrogens is 282 g/mol. The highest BCUT2D eigenvalue weighted by molar-refractivity contribution is 5.82. The Kier molecular flexibility index (Phi) is 6.49. The van der Waals surface area contributed by atoms with E-state index in [-0.39, 0.29) is 18.0 Å². The smallest absolute Gasteiger partial charge is 0.409 e. The van der Waals surface area contributed by atoms with Gasteiger partial charge in [0.1, 0.15) is 0 Å². The second-order valence-electron chi connectivity index (χ2n) is 6.42. The van der Waals surface area contributed by atoms with Crippen LogP contribution in [0.4, 0.5) is 4.79 Å². The Morgan fingerprint density at radius 3 is 2.36 bits per heavy atom. The minimum atomic E-state index is -0.381. The fourth-order valence-electron chi connectivity index (χ4n) is 2.93. The SMILES string of the molecule is CCCCOC(=O)N1CCN(C(=O)C(N)CC2CCC2)CC1. The van der Waals surface area contributed by atoms with Gasteiger partial charge in [-0.2, -0.15) is 0 Å². The Labute approximate surface area is 132 Å². The quantitative estimate of drug-likeness (QED) is 0.756. The minimum absolute atomic E-state index is 0.0332. The lowest BCUT2D eigenvalue weighted by atomic mass is 9.81. The highest BCUT2D eigenvalue weighted by atomic mass is 16.6. The van der Waals surface area contributed by atoms with Crippen LogP contribution >= 0.6 is 0 Å². The maximum Gasteiger partial charge on any atom is 0.409 e. The van der Waals surface area contributed by atoms with Crippen molar-refractivity contribution in [1.82, 2.24) is 9.80 Å². The zero-order valence-corrected chi connectivity index (χ0v) is 13.6. The molecule has 2 N–H and O–H groups in total. The maximum absolute atomic E-state index is 12.3. The number of rotatable bonds is 6. The molecule has 1 aliphatic carbocycles. The van der Waals surface area contributed by atoms with Gasteiger partial charge in [-0.15, -0.1) is 0 Å². The first-order chi connectivity index (χ1) is 10.6. The number of nitrogens with two attached hydrogens (primary N) is 1. The van der Waals surface area contributed by atoms with Crippen molar-refractivity contribution in [2.24, 2.45) is 11.7 Å². The van der Waals surface area contributed by atoms with E-state index in [4.69, 9.17) is 10.5 Å². The highest BCUT2D eigenvalue weighted by Gasteiger charge is 2.30. The van der Waals surface area contributed by atoms with E-state index in [0.29, 0.717) is 38.7 Å². The molecule has 2 aliphatic rings. The Morgan fingerprint density at radius 1 is 1.18 bits per heavy atom. The van der Waals surface area contributed by atoms with E-state index in [1.807, 2.05) is 0 Å². The van der Waals surface area contributed by atoms with E-state index in [0.717, 1.165) is 19.3 Å². The number of carbonyl (C=O) groups excluding carboxylic acids is 2. The molecule has 0 aromatic carbocycles. The summed E-state index contributed by atoms with van der Waals surface area (Å²) in [7, 11) is 0. The van der Waals surface area contributed by atoms with Crippen LogP contribution in [0.15, 0.2) is 0 Å². The molecule has 1 saturated carbocycles. The van der Waals surface area contributed by atoms with E-state index in [2.05, 4.69) is 6.92 Å². The molecule has 0 aromatic heterocycles. The Morgan fingerprint density at radius 2 is 1.82 bits per heavy atom. The summed E-state index contributed by atoms with van der Waals surface area (Å²) in [5, 5.41) is 0. The van der Waals surface area contributed by atoms with Crippen molar-refractivity contribution in [2.75, 3.05) is 32.8 Å². The predicted molar refractivity (Wildman–Crippen MR) is 84.3 cm³/mol. The molecule has 2 fully saturated rings. The van der Waals surface area contributed by atoms with E-state index in [1.54, 1.807) is 9.80 Å². The van der Waals surface area contributed by atoms with Gasteiger partial charge in [-0.1, -0.05) is 32.6 Å². The number of ether oxygens (including phenoxy) is 1. The lowest BCUT2D eigenvalue weighted by Crippen LogP contribution is -2.54. The first-order valence-electron chi connectivity index (χ1n) is 8.58. The largest absolute Gasteiger partial charge is 0.449 e. The topological polar surface area (TPSA) is 75.9 Å². The molecule has 1 saturated heterocycles. The summed E-state index contributed by atoms with van der Waals surface area (Å²) in [6, 6.07) is -0.381. The fraction of sp³-hybridized carbons (Fsp3) is 0.875. The second kappa shape index (κ2) is 8.36. The zero-order chi connectivity index (χ0) is 15.9. The van der Waals surface area contributed by atoms with E-state index >= 15 is 0 Å². The van der Waals surface area contributed by atoms with Gasteiger partial charge in [-0.3, -0.25) is 4.79 Å². The van der Waals surface area contributed by atoms with Crippen LogP contribution in [0.3, 0.4) is 0 Å². The maximum atomic E-state index is 12.3. The summed E-state index contributed by atoms with van der Waals surface area (Å²) in [5.41, 5.74) is 6.04. The van der Waals surface area contributed by atoms with Crippen LogP contribution < -0.4 is 5.73 Å². The average Bonchev–Trinajstić information content (AvgIpc) is 2.50. The van der Waals surface area contributed by atoms with Crippen LogP contribution in [0.25, 0.3) is 0 Å². The molecule has 1 aliphatic heterocycles. The molecule has 2 rings (SSSR count). The molecule has 0 spiro atoms. The predicted octanol–water partition coefficient (Wildman–Crippen LogP) is 1.58. The molecule has 0 radical (unpaired) electrons. The molecule has 6 heteroatoms. The molecule has 0 aromatic rings. The van der Waals surface area contributed by atoms with Gasteiger partial charge in [0.2, 0.25) is 5.91 Å². The van der Waals surface area contributed by atoms with E-state index in [9.17, 15) is 9.59 Å². The van der Waals surface area contributed by atoms with Gasteiger partial charge >= 0.3 is 6.09 Å². The first kappa shape index (κ1) is 17.1. The van der Waals surface area contributed by atoms with Crippen molar-refractivity contribution in [3.63, 3.8) is 0 Å². The number of carbonyl (C=O) groups is 2. The molecule has 6 nitrogen and oxygen atoms in total. The molecule has 2 amide bonds. The van der Waals surface area contributed by atoms with Crippen molar-refractivity contribution in [3.05, 3.63) is 0 Å². The zero-order valence-electron chi connectivity index (χ0n) is 13.6. The summed E-state index contributed by atoms with van der Waals surface area (Å²) in [5.74, 6) is 0.666. The van der Waals surface area contributed by atoms with Crippen LogP contribution in [0.1, 0.15) is 45.4 Å². The number of hydrogen-bond donors (Lipinski definition) is 1. The van der Waals surface area contributed by atoms with Crippen molar-refractivity contribution in [2.45, 2.75) is 51.5 Å². The number of unbranched alkanes of at least 4 members (excludes halogenated alkanes) is 1. The van der Waals surface area contributed by atoms with Gasteiger partial charge in [0, 0.05) is 26.2 Å². The summed E-state index contributed by atoms with van der Waals surface area (Å²) in [6.45, 7) is 4.71.